The molecule has 1 aliphatic rings. The molecule has 0 aromatic heterocycles. The van der Waals surface area contributed by atoms with Gasteiger partial charge in [-0.3, -0.25) is 9.89 Å². The van der Waals surface area contributed by atoms with Gasteiger partial charge in [0, 0.05) is 30.8 Å². The SMILES string of the molecule is CCNC(=NCC(c1c(F)cccc1Cl)N1CCCC1)NCCOC.I. The summed E-state index contributed by atoms with van der Waals surface area (Å²) in [5.41, 5.74) is 0.544. The van der Waals surface area contributed by atoms with Crippen molar-refractivity contribution in [2.24, 2.45) is 4.99 Å². The minimum atomic E-state index is -0.267. The van der Waals surface area contributed by atoms with Crippen molar-refractivity contribution in [3.05, 3.63) is 34.6 Å². The number of halogens is 3. The third kappa shape index (κ3) is 6.83. The maximum absolute atomic E-state index is 14.5. The molecule has 1 atom stereocenters. The molecule has 0 spiro atoms. The smallest absolute Gasteiger partial charge is 0.191 e. The van der Waals surface area contributed by atoms with Crippen LogP contribution in [0.5, 0.6) is 0 Å². The highest BCUT2D eigenvalue weighted by Gasteiger charge is 2.27. The Bertz CT molecular complexity index is 550. The van der Waals surface area contributed by atoms with E-state index < -0.39 is 0 Å². The lowest BCUT2D eigenvalue weighted by atomic mass is 10.0. The molecule has 2 N–H and O–H groups in total. The number of ether oxygens (including phenoxy) is 1. The lowest BCUT2D eigenvalue weighted by molar-refractivity contribution is 0.203. The van der Waals surface area contributed by atoms with Crippen molar-refractivity contribution in [1.29, 1.82) is 0 Å². The molecule has 1 aromatic carbocycles. The lowest BCUT2D eigenvalue weighted by Gasteiger charge is -2.28. The summed E-state index contributed by atoms with van der Waals surface area (Å²) in [5, 5.41) is 6.89. The summed E-state index contributed by atoms with van der Waals surface area (Å²) in [7, 11) is 1.66. The normalized spacial score (nSPS) is 16.2. The topological polar surface area (TPSA) is 48.9 Å². The summed E-state index contributed by atoms with van der Waals surface area (Å²) < 4.78 is 19.5. The molecular weight excluding hydrogens is 470 g/mol. The number of likely N-dealkylation sites (tertiary alicyclic amines) is 1. The van der Waals surface area contributed by atoms with Gasteiger partial charge >= 0.3 is 0 Å². The summed E-state index contributed by atoms with van der Waals surface area (Å²) in [6.45, 7) is 6.36. The van der Waals surface area contributed by atoms with Crippen LogP contribution in [-0.2, 0) is 4.74 Å². The molecule has 0 aliphatic carbocycles. The lowest BCUT2D eigenvalue weighted by Crippen LogP contribution is -2.40. The number of benzene rings is 1. The predicted molar refractivity (Wildman–Crippen MR) is 116 cm³/mol. The standard InChI is InChI=1S/C18H28ClFN4O.HI/c1-3-21-18(22-9-12-25-2)23-13-16(24-10-4-5-11-24)17-14(19)7-6-8-15(17)20;/h6-8,16H,3-5,9-13H2,1-2H3,(H2,21,22,23);1H. The molecule has 2 rings (SSSR count). The molecule has 1 heterocycles. The number of nitrogens with zero attached hydrogens (tertiary/aromatic N) is 2. The van der Waals surface area contributed by atoms with Crippen molar-refractivity contribution in [2.75, 3.05) is 46.4 Å². The quantitative estimate of drug-likeness (QED) is 0.250. The van der Waals surface area contributed by atoms with Gasteiger partial charge in [-0.2, -0.15) is 0 Å². The van der Waals surface area contributed by atoms with Crippen molar-refractivity contribution in [3.8, 4) is 0 Å². The number of guanidine groups is 1. The molecule has 8 heteroatoms. The third-order valence-corrected chi connectivity index (χ3v) is 4.61. The van der Waals surface area contributed by atoms with Crippen LogP contribution in [0.15, 0.2) is 23.2 Å². The highest BCUT2D eigenvalue weighted by Crippen LogP contribution is 2.32. The van der Waals surface area contributed by atoms with Crippen molar-refractivity contribution >= 4 is 41.5 Å². The van der Waals surface area contributed by atoms with Gasteiger partial charge in [-0.1, -0.05) is 17.7 Å². The van der Waals surface area contributed by atoms with Crippen LogP contribution in [-0.4, -0.2) is 57.3 Å². The van der Waals surface area contributed by atoms with Gasteiger partial charge < -0.3 is 15.4 Å². The summed E-state index contributed by atoms with van der Waals surface area (Å²) in [5.74, 6) is 0.438. The van der Waals surface area contributed by atoms with Gasteiger partial charge in [-0.25, -0.2) is 4.39 Å². The first-order valence-corrected chi connectivity index (χ1v) is 9.24. The fraction of sp³-hybridized carbons (Fsp3) is 0.611. The fourth-order valence-electron chi connectivity index (χ4n) is 3.06. The zero-order valence-corrected chi connectivity index (χ0v) is 18.5. The molecule has 148 valence electrons. The minimum Gasteiger partial charge on any atom is -0.383 e. The van der Waals surface area contributed by atoms with E-state index in [4.69, 9.17) is 16.3 Å². The van der Waals surface area contributed by atoms with Crippen LogP contribution in [0.25, 0.3) is 0 Å². The van der Waals surface area contributed by atoms with Gasteiger partial charge in [0.15, 0.2) is 5.96 Å². The van der Waals surface area contributed by atoms with Gasteiger partial charge in [0.1, 0.15) is 5.82 Å². The molecule has 1 fully saturated rings. The zero-order valence-electron chi connectivity index (χ0n) is 15.4. The number of rotatable bonds is 8. The fourth-order valence-corrected chi connectivity index (χ4v) is 3.35. The van der Waals surface area contributed by atoms with E-state index in [2.05, 4.69) is 20.5 Å². The summed E-state index contributed by atoms with van der Waals surface area (Å²) in [6, 6.07) is 4.70. The van der Waals surface area contributed by atoms with Crippen LogP contribution in [0.2, 0.25) is 5.02 Å². The second-order valence-electron chi connectivity index (χ2n) is 6.03. The number of methoxy groups -OCH3 is 1. The molecule has 0 saturated carbocycles. The molecule has 0 amide bonds. The Labute approximate surface area is 177 Å². The Morgan fingerprint density at radius 3 is 2.69 bits per heavy atom. The van der Waals surface area contributed by atoms with E-state index in [9.17, 15) is 4.39 Å². The van der Waals surface area contributed by atoms with Crippen LogP contribution in [0.4, 0.5) is 4.39 Å². The molecule has 1 aromatic rings. The summed E-state index contributed by atoms with van der Waals surface area (Å²) >= 11 is 6.32. The van der Waals surface area contributed by atoms with Gasteiger partial charge in [0.25, 0.3) is 0 Å². The van der Waals surface area contributed by atoms with Gasteiger partial charge in [-0.15, -0.1) is 24.0 Å². The predicted octanol–water partition coefficient (Wildman–Crippen LogP) is 3.44. The molecule has 5 nitrogen and oxygen atoms in total. The monoisotopic (exact) mass is 498 g/mol. The molecule has 1 unspecified atom stereocenters. The van der Waals surface area contributed by atoms with E-state index in [1.165, 1.54) is 6.07 Å². The van der Waals surface area contributed by atoms with E-state index >= 15 is 0 Å². The summed E-state index contributed by atoms with van der Waals surface area (Å²) in [4.78, 5) is 6.93. The Kier molecular flexibility index (Phi) is 11.4. The highest BCUT2D eigenvalue weighted by atomic mass is 127. The van der Waals surface area contributed by atoms with Crippen molar-refractivity contribution in [1.82, 2.24) is 15.5 Å². The third-order valence-electron chi connectivity index (χ3n) is 4.28. The van der Waals surface area contributed by atoms with E-state index in [0.29, 0.717) is 36.2 Å². The Hall–Kier alpha value is -0.640. The number of hydrogen-bond donors (Lipinski definition) is 2. The van der Waals surface area contributed by atoms with E-state index in [1.54, 1.807) is 19.2 Å². The largest absolute Gasteiger partial charge is 0.383 e. The maximum atomic E-state index is 14.5. The van der Waals surface area contributed by atoms with Gasteiger partial charge in [-0.05, 0) is 45.0 Å². The molecular formula is C18H29ClFIN4O. The molecule has 1 saturated heterocycles. The molecule has 26 heavy (non-hydrogen) atoms. The van der Waals surface area contributed by atoms with Gasteiger partial charge in [0.05, 0.1) is 19.2 Å². The van der Waals surface area contributed by atoms with E-state index in [-0.39, 0.29) is 35.8 Å². The average molecular weight is 499 g/mol. The number of nitrogens with one attached hydrogen (secondary N) is 2. The van der Waals surface area contributed by atoms with Crippen molar-refractivity contribution in [3.63, 3.8) is 0 Å². The Morgan fingerprint density at radius 2 is 2.08 bits per heavy atom. The van der Waals surface area contributed by atoms with Crippen molar-refractivity contribution in [2.45, 2.75) is 25.8 Å². The Morgan fingerprint density at radius 1 is 1.35 bits per heavy atom. The van der Waals surface area contributed by atoms with Crippen LogP contribution in [0.1, 0.15) is 31.4 Å². The molecule has 0 radical (unpaired) electrons. The maximum Gasteiger partial charge on any atom is 0.191 e. The second-order valence-corrected chi connectivity index (χ2v) is 6.44. The van der Waals surface area contributed by atoms with Crippen LogP contribution >= 0.6 is 35.6 Å². The van der Waals surface area contributed by atoms with Gasteiger partial charge in [0.2, 0.25) is 0 Å². The minimum absolute atomic E-state index is 0. The first-order valence-electron chi connectivity index (χ1n) is 8.86. The summed E-state index contributed by atoms with van der Waals surface area (Å²) in [6.07, 6.45) is 2.25. The zero-order chi connectivity index (χ0) is 18.1. The van der Waals surface area contributed by atoms with E-state index in [0.717, 1.165) is 32.5 Å². The Balaban J connectivity index is 0.00000338. The van der Waals surface area contributed by atoms with Crippen LogP contribution in [0.3, 0.4) is 0 Å². The molecule has 0 bridgehead atoms. The highest BCUT2D eigenvalue weighted by molar-refractivity contribution is 14.0. The molecule has 1 aliphatic heterocycles. The van der Waals surface area contributed by atoms with E-state index in [1.807, 2.05) is 6.92 Å². The first kappa shape index (κ1) is 23.4. The number of aliphatic imine (C=N–C) groups is 1. The van der Waals surface area contributed by atoms with Crippen molar-refractivity contribution < 1.29 is 9.13 Å². The second kappa shape index (κ2) is 12.7. The average Bonchev–Trinajstić information content (AvgIpc) is 3.11. The van der Waals surface area contributed by atoms with Crippen LogP contribution in [0, 0.1) is 5.82 Å². The first-order chi connectivity index (χ1) is 12.2. The number of hydrogen-bond acceptors (Lipinski definition) is 3. The van der Waals surface area contributed by atoms with Crippen LogP contribution < -0.4 is 10.6 Å².